The molecule has 21 heavy (non-hydrogen) atoms. The van der Waals surface area contributed by atoms with Crippen LogP contribution in [-0.4, -0.2) is 16.3 Å². The van der Waals surface area contributed by atoms with Crippen molar-refractivity contribution < 1.29 is 9.52 Å². The molecule has 0 aliphatic heterocycles. The fourth-order valence-electron chi connectivity index (χ4n) is 1.74. The van der Waals surface area contributed by atoms with Gasteiger partial charge in [0.05, 0.1) is 15.2 Å². The number of hydrogen-bond acceptors (Lipinski definition) is 5. The van der Waals surface area contributed by atoms with Crippen LogP contribution in [0.1, 0.15) is 5.56 Å². The first-order valence-corrected chi connectivity index (χ1v) is 7.55. The number of anilines is 1. The summed E-state index contributed by atoms with van der Waals surface area (Å²) in [6, 6.07) is 11.3. The molecule has 0 aliphatic rings. The summed E-state index contributed by atoms with van der Waals surface area (Å²) in [5.41, 5.74) is 5.00. The summed E-state index contributed by atoms with van der Waals surface area (Å²) in [6.07, 6.45) is 1.60. The second kappa shape index (κ2) is 5.87. The quantitative estimate of drug-likeness (QED) is 0.492. The number of aromatic nitrogens is 1. The molecule has 7 heteroatoms. The van der Waals surface area contributed by atoms with Gasteiger partial charge in [-0.3, -0.25) is 0 Å². The fourth-order valence-corrected chi connectivity index (χ4v) is 2.96. The standard InChI is InChI=1S/C14H9Br2N3O2/c15-9-5-8(6-10(16)13(9)20)7-17-19-14-18-11-3-1-2-4-12(11)21-14/h1-7,20H,(H,18,19)/b17-7-. The lowest BCUT2D eigenvalue weighted by atomic mass is 10.2. The van der Waals surface area contributed by atoms with Crippen LogP contribution in [0.25, 0.3) is 11.1 Å². The molecule has 0 saturated heterocycles. The molecule has 0 saturated carbocycles. The minimum atomic E-state index is 0.152. The molecule has 5 nitrogen and oxygen atoms in total. The predicted octanol–water partition coefficient (Wildman–Crippen LogP) is 4.50. The Kier molecular flexibility index (Phi) is 3.94. The van der Waals surface area contributed by atoms with Gasteiger partial charge in [0.1, 0.15) is 11.3 Å². The van der Waals surface area contributed by atoms with Gasteiger partial charge < -0.3 is 9.52 Å². The topological polar surface area (TPSA) is 70.7 Å². The SMILES string of the molecule is Oc1c(Br)cc(/C=N\Nc2nc3ccccc3o2)cc1Br. The molecule has 0 unspecified atom stereocenters. The molecular formula is C14H9Br2N3O2. The second-order valence-electron chi connectivity index (χ2n) is 4.19. The van der Waals surface area contributed by atoms with Gasteiger partial charge in [-0.15, -0.1) is 0 Å². The third-order valence-corrected chi connectivity index (χ3v) is 3.92. The van der Waals surface area contributed by atoms with E-state index in [2.05, 4.69) is 47.4 Å². The molecule has 3 aromatic rings. The van der Waals surface area contributed by atoms with Crippen LogP contribution in [0.2, 0.25) is 0 Å². The molecule has 0 spiro atoms. The van der Waals surface area contributed by atoms with Gasteiger partial charge in [0.15, 0.2) is 5.58 Å². The number of nitrogens with one attached hydrogen (secondary N) is 1. The van der Waals surface area contributed by atoms with Crippen molar-refractivity contribution in [2.24, 2.45) is 5.10 Å². The third-order valence-electron chi connectivity index (χ3n) is 2.71. The predicted molar refractivity (Wildman–Crippen MR) is 88.7 cm³/mol. The van der Waals surface area contributed by atoms with Gasteiger partial charge in [-0.1, -0.05) is 12.1 Å². The smallest absolute Gasteiger partial charge is 0.316 e. The van der Waals surface area contributed by atoms with Crippen LogP contribution in [0.5, 0.6) is 5.75 Å². The van der Waals surface area contributed by atoms with Crippen LogP contribution >= 0.6 is 31.9 Å². The van der Waals surface area contributed by atoms with Crippen molar-refractivity contribution in [2.75, 3.05) is 5.43 Å². The minimum Gasteiger partial charge on any atom is -0.506 e. The number of hydrazone groups is 1. The molecule has 0 atom stereocenters. The summed E-state index contributed by atoms with van der Waals surface area (Å²) in [7, 11) is 0. The van der Waals surface area contributed by atoms with E-state index in [0.717, 1.165) is 11.1 Å². The molecule has 1 heterocycles. The monoisotopic (exact) mass is 409 g/mol. The lowest BCUT2D eigenvalue weighted by molar-refractivity contribution is 0.468. The van der Waals surface area contributed by atoms with Crippen LogP contribution in [0.4, 0.5) is 6.01 Å². The fraction of sp³-hybridized carbons (Fsp3) is 0. The van der Waals surface area contributed by atoms with Crippen molar-refractivity contribution in [1.82, 2.24) is 4.98 Å². The van der Waals surface area contributed by atoms with Gasteiger partial charge in [0, 0.05) is 0 Å². The Bertz CT molecular complexity index is 774. The molecule has 0 fully saturated rings. The zero-order chi connectivity index (χ0) is 14.8. The summed E-state index contributed by atoms with van der Waals surface area (Å²) in [5.74, 6) is 0.152. The Morgan fingerprint density at radius 3 is 2.62 bits per heavy atom. The number of phenols is 1. The Labute approximate surface area is 136 Å². The van der Waals surface area contributed by atoms with E-state index in [1.54, 1.807) is 18.3 Å². The summed E-state index contributed by atoms with van der Waals surface area (Å²) in [4.78, 5) is 4.24. The van der Waals surface area contributed by atoms with Crippen LogP contribution < -0.4 is 5.43 Å². The van der Waals surface area contributed by atoms with Crippen molar-refractivity contribution in [3.05, 3.63) is 50.9 Å². The molecule has 106 valence electrons. The van der Waals surface area contributed by atoms with E-state index in [1.165, 1.54) is 0 Å². The minimum absolute atomic E-state index is 0.152. The Balaban J connectivity index is 1.77. The largest absolute Gasteiger partial charge is 0.506 e. The highest BCUT2D eigenvalue weighted by atomic mass is 79.9. The zero-order valence-electron chi connectivity index (χ0n) is 10.5. The van der Waals surface area contributed by atoms with Crippen molar-refractivity contribution >= 4 is 55.2 Å². The van der Waals surface area contributed by atoms with Crippen molar-refractivity contribution in [3.63, 3.8) is 0 Å². The number of hydrogen-bond donors (Lipinski definition) is 2. The first-order chi connectivity index (χ1) is 10.1. The van der Waals surface area contributed by atoms with Gasteiger partial charge in [0.2, 0.25) is 0 Å². The second-order valence-corrected chi connectivity index (χ2v) is 5.90. The average Bonchev–Trinajstić information content (AvgIpc) is 2.87. The first kappa shape index (κ1) is 14.1. The van der Waals surface area contributed by atoms with Crippen molar-refractivity contribution in [2.45, 2.75) is 0 Å². The van der Waals surface area contributed by atoms with E-state index in [-0.39, 0.29) is 5.75 Å². The van der Waals surface area contributed by atoms with Gasteiger partial charge in [-0.05, 0) is 61.7 Å². The molecule has 0 radical (unpaired) electrons. The van der Waals surface area contributed by atoms with Crippen LogP contribution in [0.3, 0.4) is 0 Å². The Morgan fingerprint density at radius 2 is 1.90 bits per heavy atom. The molecule has 2 aromatic carbocycles. The lowest BCUT2D eigenvalue weighted by Gasteiger charge is -2.01. The number of phenolic OH excluding ortho intramolecular Hbond substituents is 1. The summed E-state index contributed by atoms with van der Waals surface area (Å²) in [6.45, 7) is 0. The Hall–Kier alpha value is -1.86. The number of para-hydroxylation sites is 2. The van der Waals surface area contributed by atoms with Crippen LogP contribution in [-0.2, 0) is 0 Å². The maximum absolute atomic E-state index is 9.64. The van der Waals surface area contributed by atoms with E-state index in [4.69, 9.17) is 4.42 Å². The number of nitrogens with zero attached hydrogens (tertiary/aromatic N) is 2. The highest BCUT2D eigenvalue weighted by Crippen LogP contribution is 2.32. The maximum Gasteiger partial charge on any atom is 0.316 e. The number of benzene rings is 2. The molecule has 1 aromatic heterocycles. The average molecular weight is 411 g/mol. The number of aromatic hydroxyl groups is 1. The first-order valence-electron chi connectivity index (χ1n) is 5.96. The van der Waals surface area contributed by atoms with Crippen LogP contribution in [0, 0.1) is 0 Å². The zero-order valence-corrected chi connectivity index (χ0v) is 13.7. The van der Waals surface area contributed by atoms with Crippen LogP contribution in [0.15, 0.2) is 54.9 Å². The van der Waals surface area contributed by atoms with E-state index in [1.807, 2.05) is 24.3 Å². The van der Waals surface area contributed by atoms with E-state index < -0.39 is 0 Å². The van der Waals surface area contributed by atoms with Gasteiger partial charge >= 0.3 is 6.01 Å². The molecular weight excluding hydrogens is 402 g/mol. The Morgan fingerprint density at radius 1 is 1.19 bits per heavy atom. The summed E-state index contributed by atoms with van der Waals surface area (Å²) >= 11 is 6.53. The molecule has 3 rings (SSSR count). The van der Waals surface area contributed by atoms with Crippen molar-refractivity contribution in [1.29, 1.82) is 0 Å². The number of fused-ring (bicyclic) bond motifs is 1. The van der Waals surface area contributed by atoms with Gasteiger partial charge in [-0.2, -0.15) is 10.1 Å². The van der Waals surface area contributed by atoms with Gasteiger partial charge in [-0.25, -0.2) is 5.43 Å². The van der Waals surface area contributed by atoms with Gasteiger partial charge in [0.25, 0.3) is 0 Å². The van der Waals surface area contributed by atoms with E-state index in [9.17, 15) is 5.11 Å². The summed E-state index contributed by atoms with van der Waals surface area (Å²) < 4.78 is 6.65. The molecule has 0 bridgehead atoms. The molecule has 0 amide bonds. The van der Waals surface area contributed by atoms with Crippen molar-refractivity contribution in [3.8, 4) is 5.75 Å². The van der Waals surface area contributed by atoms with E-state index in [0.29, 0.717) is 20.5 Å². The number of halogens is 2. The highest BCUT2D eigenvalue weighted by molar-refractivity contribution is 9.11. The highest BCUT2D eigenvalue weighted by Gasteiger charge is 2.05. The molecule has 2 N–H and O–H groups in total. The molecule has 0 aliphatic carbocycles. The maximum atomic E-state index is 9.64. The summed E-state index contributed by atoms with van der Waals surface area (Å²) in [5, 5.41) is 13.7. The number of rotatable bonds is 3. The lowest BCUT2D eigenvalue weighted by Crippen LogP contribution is -1.91. The van der Waals surface area contributed by atoms with E-state index >= 15 is 0 Å². The third kappa shape index (κ3) is 3.08. The number of oxazole rings is 1. The normalized spacial score (nSPS) is 11.3.